The monoisotopic (exact) mass is 394 g/mol. The minimum atomic E-state index is -0.361. The number of carbonyl (C=O) groups is 2. The van der Waals surface area contributed by atoms with Gasteiger partial charge in [0.05, 0.1) is 0 Å². The number of esters is 1. The summed E-state index contributed by atoms with van der Waals surface area (Å²) in [6.07, 6.45) is 2.33. The maximum atomic E-state index is 12.7. The summed E-state index contributed by atoms with van der Waals surface area (Å²) in [4.78, 5) is 26.2. The molecule has 29 heavy (non-hydrogen) atoms. The molecule has 2 atom stereocenters. The summed E-state index contributed by atoms with van der Waals surface area (Å²) < 4.78 is 10.8. The number of hydrogen-bond donors (Lipinski definition) is 1. The molecule has 0 saturated carbocycles. The lowest BCUT2D eigenvalue weighted by molar-refractivity contribution is -0.131. The molecule has 6 heteroatoms. The Hall–Kier alpha value is -2.86. The number of nitrogens with zero attached hydrogens (tertiary/aromatic N) is 1. The third kappa shape index (κ3) is 4.43. The Morgan fingerprint density at radius 3 is 2.03 bits per heavy atom. The Morgan fingerprint density at radius 2 is 1.48 bits per heavy atom. The Bertz CT molecular complexity index is 869. The van der Waals surface area contributed by atoms with E-state index in [4.69, 9.17) is 9.47 Å². The number of hydrogen-bond acceptors (Lipinski definition) is 5. The van der Waals surface area contributed by atoms with E-state index in [-0.39, 0.29) is 17.9 Å². The first-order chi connectivity index (χ1) is 14.0. The van der Waals surface area contributed by atoms with Gasteiger partial charge in [-0.3, -0.25) is 14.5 Å². The van der Waals surface area contributed by atoms with Crippen molar-refractivity contribution in [3.05, 3.63) is 54.1 Å². The van der Waals surface area contributed by atoms with Gasteiger partial charge in [-0.05, 0) is 87.3 Å². The number of carbonyl (C=O) groups excluding carboxylic acids is 2. The predicted octanol–water partition coefficient (Wildman–Crippen LogP) is 3.62. The van der Waals surface area contributed by atoms with E-state index < -0.39 is 0 Å². The zero-order valence-electron chi connectivity index (χ0n) is 16.8. The molecule has 3 aliphatic heterocycles. The van der Waals surface area contributed by atoms with Crippen LogP contribution in [0.1, 0.15) is 37.0 Å². The molecule has 2 aromatic rings. The first-order valence-corrected chi connectivity index (χ1v) is 10.1. The first-order valence-electron chi connectivity index (χ1n) is 10.1. The molecule has 6 nitrogen and oxygen atoms in total. The molecule has 0 radical (unpaired) electrons. The number of piperidine rings is 3. The van der Waals surface area contributed by atoms with Crippen molar-refractivity contribution in [1.82, 2.24) is 10.2 Å². The van der Waals surface area contributed by atoms with Crippen molar-refractivity contribution in [2.75, 3.05) is 13.1 Å². The summed E-state index contributed by atoms with van der Waals surface area (Å²) >= 11 is 0. The van der Waals surface area contributed by atoms with E-state index in [1.54, 1.807) is 48.5 Å². The van der Waals surface area contributed by atoms with E-state index >= 15 is 0 Å². The van der Waals surface area contributed by atoms with Crippen molar-refractivity contribution in [3.63, 3.8) is 0 Å². The van der Waals surface area contributed by atoms with Gasteiger partial charge in [-0.2, -0.15) is 0 Å². The molecule has 0 spiro atoms. The molecular weight excluding hydrogens is 368 g/mol. The van der Waals surface area contributed by atoms with Gasteiger partial charge in [0.2, 0.25) is 0 Å². The summed E-state index contributed by atoms with van der Waals surface area (Å²) in [7, 11) is 0. The summed E-state index contributed by atoms with van der Waals surface area (Å²) in [6, 6.07) is 14.6. The highest BCUT2D eigenvalue weighted by molar-refractivity contribution is 5.94. The van der Waals surface area contributed by atoms with Crippen molar-refractivity contribution in [2.45, 2.75) is 38.8 Å². The Labute approximate surface area is 170 Å². The zero-order valence-corrected chi connectivity index (χ0v) is 16.8. The largest absolute Gasteiger partial charge is 0.457 e. The normalized spacial score (nSPS) is 25.3. The maximum absolute atomic E-state index is 12.7. The Balaban J connectivity index is 1.36. The van der Waals surface area contributed by atoms with Crippen LogP contribution in [-0.2, 0) is 4.79 Å². The van der Waals surface area contributed by atoms with Crippen LogP contribution in [-0.4, -0.2) is 41.9 Å². The molecule has 1 amide bonds. The van der Waals surface area contributed by atoms with Crippen molar-refractivity contribution in [2.24, 2.45) is 5.92 Å². The van der Waals surface area contributed by atoms with E-state index in [1.807, 2.05) is 0 Å². The second kappa shape index (κ2) is 8.25. The van der Waals surface area contributed by atoms with Crippen molar-refractivity contribution in [3.8, 4) is 17.2 Å². The van der Waals surface area contributed by atoms with Gasteiger partial charge < -0.3 is 14.8 Å². The molecule has 3 heterocycles. The molecule has 2 aromatic carbocycles. The van der Waals surface area contributed by atoms with Crippen LogP contribution in [0.25, 0.3) is 0 Å². The molecule has 0 aromatic heterocycles. The van der Waals surface area contributed by atoms with Crippen LogP contribution in [0.15, 0.2) is 48.5 Å². The number of fused-ring (bicyclic) bond motifs is 3. The molecule has 3 saturated heterocycles. The highest BCUT2D eigenvalue weighted by atomic mass is 16.5. The second-order valence-electron chi connectivity index (χ2n) is 7.80. The van der Waals surface area contributed by atoms with Gasteiger partial charge in [-0.25, -0.2) is 0 Å². The molecule has 5 rings (SSSR count). The highest BCUT2D eigenvalue weighted by Crippen LogP contribution is 2.32. The fraction of sp³-hybridized carbons (Fsp3) is 0.391. The Kier molecular flexibility index (Phi) is 5.53. The van der Waals surface area contributed by atoms with Gasteiger partial charge in [0, 0.05) is 24.6 Å². The van der Waals surface area contributed by atoms with Crippen LogP contribution in [0.3, 0.4) is 0 Å². The molecular formula is C23H26N2O4. The number of benzene rings is 2. The van der Waals surface area contributed by atoms with Crippen LogP contribution < -0.4 is 14.8 Å². The SMILES string of the molecule is CC(=O)Oc1ccc(Oc2ccc(C(=O)NC3C4CCN(CC4)C3C)cc2)cc1. The summed E-state index contributed by atoms with van der Waals surface area (Å²) in [6.45, 7) is 5.86. The molecule has 0 aliphatic carbocycles. The van der Waals surface area contributed by atoms with E-state index in [2.05, 4.69) is 17.1 Å². The molecule has 3 aliphatic rings. The standard InChI is InChI=1S/C23H26N2O4/c1-15-22(17-11-13-25(15)14-12-17)24-23(27)18-3-5-20(6-4-18)29-21-9-7-19(8-10-21)28-16(2)26/h3-10,15,17,22H,11-14H2,1-2H3,(H,24,27). The zero-order chi connectivity index (χ0) is 20.4. The van der Waals surface area contributed by atoms with Crippen molar-refractivity contribution >= 4 is 11.9 Å². The quantitative estimate of drug-likeness (QED) is 0.620. The number of rotatable bonds is 5. The van der Waals surface area contributed by atoms with Gasteiger partial charge in [-0.1, -0.05) is 0 Å². The molecule has 1 N–H and O–H groups in total. The minimum Gasteiger partial charge on any atom is -0.457 e. The van der Waals surface area contributed by atoms with Gasteiger partial charge >= 0.3 is 5.97 Å². The highest BCUT2D eigenvalue weighted by Gasteiger charge is 2.40. The third-order valence-corrected chi connectivity index (χ3v) is 5.91. The van der Waals surface area contributed by atoms with Crippen LogP contribution in [0.4, 0.5) is 0 Å². The van der Waals surface area contributed by atoms with Crippen LogP contribution in [0, 0.1) is 5.92 Å². The predicted molar refractivity (Wildman–Crippen MR) is 109 cm³/mol. The van der Waals surface area contributed by atoms with Crippen LogP contribution >= 0.6 is 0 Å². The van der Waals surface area contributed by atoms with Gasteiger partial charge in [-0.15, -0.1) is 0 Å². The molecule has 2 bridgehead atoms. The van der Waals surface area contributed by atoms with Crippen LogP contribution in [0.5, 0.6) is 17.2 Å². The average molecular weight is 394 g/mol. The molecule has 3 fully saturated rings. The first kappa shape index (κ1) is 19.5. The van der Waals surface area contributed by atoms with Gasteiger partial charge in [0.15, 0.2) is 0 Å². The lowest BCUT2D eigenvalue weighted by Crippen LogP contribution is -2.62. The minimum absolute atomic E-state index is 0.0344. The van der Waals surface area contributed by atoms with Crippen molar-refractivity contribution < 1.29 is 19.1 Å². The second-order valence-corrected chi connectivity index (χ2v) is 7.80. The van der Waals surface area contributed by atoms with E-state index in [0.29, 0.717) is 34.8 Å². The summed E-state index contributed by atoms with van der Waals surface area (Å²) in [5.41, 5.74) is 0.631. The lowest BCUT2D eigenvalue weighted by Gasteiger charge is -2.49. The summed E-state index contributed by atoms with van der Waals surface area (Å²) in [5, 5.41) is 3.24. The van der Waals surface area contributed by atoms with Crippen molar-refractivity contribution in [1.29, 1.82) is 0 Å². The average Bonchev–Trinajstić information content (AvgIpc) is 2.72. The third-order valence-electron chi connectivity index (χ3n) is 5.91. The maximum Gasteiger partial charge on any atom is 0.308 e. The van der Waals surface area contributed by atoms with Crippen LogP contribution in [0.2, 0.25) is 0 Å². The topological polar surface area (TPSA) is 67.9 Å². The summed E-state index contributed by atoms with van der Waals surface area (Å²) in [5.74, 6) is 1.92. The van der Waals surface area contributed by atoms with Gasteiger partial charge in [0.25, 0.3) is 5.91 Å². The van der Waals surface area contributed by atoms with Gasteiger partial charge in [0.1, 0.15) is 17.2 Å². The fourth-order valence-electron chi connectivity index (χ4n) is 4.33. The number of ether oxygens (including phenoxy) is 2. The molecule has 152 valence electrons. The smallest absolute Gasteiger partial charge is 0.308 e. The Morgan fingerprint density at radius 1 is 0.931 bits per heavy atom. The van der Waals surface area contributed by atoms with E-state index in [0.717, 1.165) is 25.9 Å². The number of amides is 1. The van der Waals surface area contributed by atoms with E-state index in [9.17, 15) is 9.59 Å². The fourth-order valence-corrected chi connectivity index (χ4v) is 4.33. The number of nitrogens with one attached hydrogen (secondary N) is 1. The lowest BCUT2D eigenvalue weighted by atomic mass is 9.79. The molecule has 2 unspecified atom stereocenters. The van der Waals surface area contributed by atoms with E-state index in [1.165, 1.54) is 6.92 Å².